The van der Waals surface area contributed by atoms with E-state index in [1.54, 1.807) is 60.7 Å². The van der Waals surface area contributed by atoms with Gasteiger partial charge in [-0.05, 0) is 0 Å². The molecule has 4 nitrogen and oxygen atoms in total. The Balaban J connectivity index is 0.000000403. The molecule has 0 aliphatic rings. The third-order valence-electron chi connectivity index (χ3n) is 2.46. The Morgan fingerprint density at radius 2 is 1.43 bits per heavy atom. The van der Waals surface area contributed by atoms with E-state index in [1.165, 1.54) is 0 Å². The van der Waals surface area contributed by atoms with Crippen molar-refractivity contribution in [1.82, 2.24) is 0 Å². The quantitative estimate of drug-likeness (QED) is 0.345. The summed E-state index contributed by atoms with van der Waals surface area (Å²) < 4.78 is 9.56. The molecule has 128 valence electrons. The van der Waals surface area contributed by atoms with E-state index < -0.39 is 0 Å². The average Bonchev–Trinajstić information content (AvgIpc) is 3.23. The van der Waals surface area contributed by atoms with Crippen LogP contribution < -0.4 is 0 Å². The van der Waals surface area contributed by atoms with Crippen molar-refractivity contribution in [2.45, 2.75) is 0 Å². The van der Waals surface area contributed by atoms with Gasteiger partial charge in [0.1, 0.15) is 6.61 Å². The minimum Gasteiger partial charge on any atom is -0.680 e. The van der Waals surface area contributed by atoms with Crippen LogP contribution in [-0.2, 0) is 26.5 Å². The van der Waals surface area contributed by atoms with Crippen molar-refractivity contribution >= 4 is 11.9 Å². The third kappa shape index (κ3) is 8.00. The predicted molar refractivity (Wildman–Crippen MR) is 85.0 cm³/mol. The van der Waals surface area contributed by atoms with Gasteiger partial charge in [0.05, 0.1) is 6.61 Å². The molecular formula is C18H18FeO4-6. The van der Waals surface area contributed by atoms with Crippen molar-refractivity contribution in [1.29, 1.82) is 0 Å². The molecule has 0 N–H and O–H groups in total. The second-order valence-electron chi connectivity index (χ2n) is 4.12. The first-order valence-corrected chi connectivity index (χ1v) is 6.68. The molecule has 2 aromatic carbocycles. The molecule has 0 bridgehead atoms. The first kappa shape index (κ1) is 20.6. The maximum atomic E-state index is 11.0. The molecule has 5 heteroatoms. The van der Waals surface area contributed by atoms with Crippen LogP contribution in [0.25, 0.3) is 0 Å². The van der Waals surface area contributed by atoms with Gasteiger partial charge >= 0.3 is 0 Å². The van der Waals surface area contributed by atoms with Crippen LogP contribution in [0.1, 0.15) is 20.7 Å². The maximum Gasteiger partial charge on any atom is 0.281 e. The summed E-state index contributed by atoms with van der Waals surface area (Å²) in [6, 6.07) is 14.0. The molecule has 0 atom stereocenters. The van der Waals surface area contributed by atoms with Crippen LogP contribution in [0.15, 0.2) is 73.8 Å². The van der Waals surface area contributed by atoms with E-state index in [0.717, 1.165) is 0 Å². The fraction of sp³-hybridized carbons (Fsp3) is 0.111. The Morgan fingerprint density at radius 3 is 1.91 bits per heavy atom. The molecular weight excluding hydrogens is 336 g/mol. The van der Waals surface area contributed by atoms with E-state index >= 15 is 0 Å². The second-order valence-corrected chi connectivity index (χ2v) is 4.12. The second kappa shape index (κ2) is 12.2. The fourth-order valence-corrected chi connectivity index (χ4v) is 1.46. The molecule has 0 radical (unpaired) electrons. The molecule has 0 heterocycles. The van der Waals surface area contributed by atoms with Gasteiger partial charge in [-0.25, -0.2) is 12.1 Å². The van der Waals surface area contributed by atoms with Gasteiger partial charge in [0.15, 0.2) is 0 Å². The van der Waals surface area contributed by atoms with Gasteiger partial charge in [-0.15, -0.1) is 0 Å². The SMILES string of the molecule is C=CCOC(=O)[c-]1[cH-][cH-][cH-][cH-]1.C=CCOC(=O)[c-]1cccc1.[Fe]. The summed E-state index contributed by atoms with van der Waals surface area (Å²) in [6.45, 7) is 7.41. The minimum absolute atomic E-state index is 0. The Bertz CT molecular complexity index is 528. The standard InChI is InChI=1S/2C9H9O2.Fe/c2*1-2-7-11-9(10)8-5-3-4-6-8;/h2*2-6H,1,7H2;/q-5;-1;. The molecule has 0 fully saturated rings. The number of rotatable bonds is 6. The fourth-order valence-electron chi connectivity index (χ4n) is 1.46. The summed E-state index contributed by atoms with van der Waals surface area (Å²) >= 11 is 0. The third-order valence-corrected chi connectivity index (χ3v) is 2.46. The smallest absolute Gasteiger partial charge is 0.281 e. The molecule has 0 amide bonds. The molecule has 2 aromatic rings. The zero-order valence-electron chi connectivity index (χ0n) is 12.6. The van der Waals surface area contributed by atoms with Crippen molar-refractivity contribution in [3.05, 3.63) is 85.0 Å². The molecule has 0 aromatic heterocycles. The van der Waals surface area contributed by atoms with Crippen LogP contribution in [0.3, 0.4) is 0 Å². The van der Waals surface area contributed by atoms with E-state index in [9.17, 15) is 9.59 Å². The van der Waals surface area contributed by atoms with E-state index in [1.807, 2.05) is 0 Å². The summed E-state index contributed by atoms with van der Waals surface area (Å²) in [5.74, 6) is -0.593. The summed E-state index contributed by atoms with van der Waals surface area (Å²) in [7, 11) is 0. The Labute approximate surface area is 146 Å². The number of hydrogen-bond donors (Lipinski definition) is 0. The van der Waals surface area contributed by atoms with Gasteiger partial charge in [-0.3, -0.25) is 4.79 Å². The number of carbonyl (C=O) groups is 2. The van der Waals surface area contributed by atoms with E-state index in [2.05, 4.69) is 13.2 Å². The largest absolute Gasteiger partial charge is 0.680 e. The predicted octanol–water partition coefficient (Wildman–Crippen LogP) is 3.49. The maximum absolute atomic E-state index is 11.0. The van der Waals surface area contributed by atoms with Gasteiger partial charge in [0.2, 0.25) is 0 Å². The summed E-state index contributed by atoms with van der Waals surface area (Å²) in [6.07, 6.45) is 3.08. The Kier molecular flexibility index (Phi) is 11.0. The van der Waals surface area contributed by atoms with Crippen LogP contribution in [0, 0.1) is 0 Å². The van der Waals surface area contributed by atoms with Crippen molar-refractivity contribution in [2.24, 2.45) is 0 Å². The zero-order chi connectivity index (χ0) is 16.2. The first-order valence-electron chi connectivity index (χ1n) is 6.68. The molecule has 0 aliphatic carbocycles. The monoisotopic (exact) mass is 354 g/mol. The number of carbonyl (C=O) groups excluding carboxylic acids is 2. The number of ether oxygens (including phenoxy) is 2. The summed E-state index contributed by atoms with van der Waals surface area (Å²) in [4.78, 5) is 22.0. The molecule has 23 heavy (non-hydrogen) atoms. The Morgan fingerprint density at radius 1 is 0.957 bits per heavy atom. The van der Waals surface area contributed by atoms with Crippen LogP contribution in [0.2, 0.25) is 0 Å². The van der Waals surface area contributed by atoms with E-state index in [0.29, 0.717) is 11.1 Å². The summed E-state index contributed by atoms with van der Waals surface area (Å²) in [5, 5.41) is 0. The molecule has 0 spiro atoms. The van der Waals surface area contributed by atoms with Gasteiger partial charge in [0.25, 0.3) is 5.97 Å². The van der Waals surface area contributed by atoms with Gasteiger partial charge in [-0.1, -0.05) is 36.8 Å². The average molecular weight is 354 g/mol. The van der Waals surface area contributed by atoms with E-state index in [-0.39, 0.29) is 42.2 Å². The first-order chi connectivity index (χ1) is 10.7. The van der Waals surface area contributed by atoms with Crippen LogP contribution in [-0.4, -0.2) is 25.2 Å². The molecule has 0 aliphatic heterocycles. The van der Waals surface area contributed by atoms with Gasteiger partial charge in [-0.2, -0.15) is 12.1 Å². The van der Waals surface area contributed by atoms with Crippen molar-refractivity contribution in [2.75, 3.05) is 13.2 Å². The Hall–Kier alpha value is -2.36. The zero-order valence-corrected chi connectivity index (χ0v) is 13.7. The summed E-state index contributed by atoms with van der Waals surface area (Å²) in [5.41, 5.74) is 1.18. The molecule has 2 rings (SSSR count). The van der Waals surface area contributed by atoms with Crippen LogP contribution in [0.5, 0.6) is 0 Å². The minimum atomic E-state index is -0.296. The molecule has 0 saturated carbocycles. The van der Waals surface area contributed by atoms with Crippen molar-refractivity contribution in [3.8, 4) is 0 Å². The van der Waals surface area contributed by atoms with Crippen molar-refractivity contribution < 1.29 is 36.1 Å². The topological polar surface area (TPSA) is 52.6 Å². The van der Waals surface area contributed by atoms with Crippen LogP contribution in [0.4, 0.5) is 0 Å². The number of esters is 2. The molecule has 0 unspecified atom stereocenters. The number of hydrogen-bond acceptors (Lipinski definition) is 4. The molecule has 0 saturated heterocycles. The normalized spacial score (nSPS) is 8.70. The van der Waals surface area contributed by atoms with E-state index in [4.69, 9.17) is 9.47 Å². The van der Waals surface area contributed by atoms with Crippen LogP contribution >= 0.6 is 0 Å². The van der Waals surface area contributed by atoms with Gasteiger partial charge in [0, 0.05) is 17.1 Å². The van der Waals surface area contributed by atoms with Crippen molar-refractivity contribution in [3.63, 3.8) is 0 Å². The van der Waals surface area contributed by atoms with Gasteiger partial charge < -0.3 is 44.1 Å².